The van der Waals surface area contributed by atoms with E-state index in [0.29, 0.717) is 11.8 Å². The number of nitrogens with zero attached hydrogens (tertiary/aromatic N) is 2. The Morgan fingerprint density at radius 2 is 1.92 bits per heavy atom. The second kappa shape index (κ2) is 3.40. The van der Waals surface area contributed by atoms with Gasteiger partial charge in [-0.25, -0.2) is 0 Å². The fraction of sp³-hybridized carbons (Fsp3) is 0.700. The van der Waals surface area contributed by atoms with Crippen LogP contribution in [0, 0.1) is 11.8 Å². The topological polar surface area (TPSA) is 36.0 Å². The molecule has 3 heteroatoms. The van der Waals surface area contributed by atoms with Crippen LogP contribution in [0.5, 0.6) is 0 Å². The van der Waals surface area contributed by atoms with E-state index in [1.807, 2.05) is 0 Å². The highest BCUT2D eigenvalue weighted by molar-refractivity contribution is 5.80. The van der Waals surface area contributed by atoms with Gasteiger partial charge in [0, 0.05) is 6.58 Å². The molecule has 0 amide bonds. The molecule has 0 aromatic heterocycles. The van der Waals surface area contributed by atoms with Crippen LogP contribution in [-0.2, 0) is 4.42 Å². The van der Waals surface area contributed by atoms with Gasteiger partial charge >= 0.3 is 11.8 Å². The molecule has 0 unspecified atom stereocenters. The number of carbonyl (C=O) groups excluding carboxylic acids is 1. The molecular weight excluding hydrogens is 164 g/mol. The van der Waals surface area contributed by atoms with E-state index >= 15 is 0 Å². The first-order valence-corrected chi connectivity index (χ1v) is 4.91. The second-order valence-electron chi connectivity index (χ2n) is 3.99. The van der Waals surface area contributed by atoms with E-state index in [9.17, 15) is 0 Å². The van der Waals surface area contributed by atoms with Crippen molar-refractivity contribution in [2.24, 2.45) is 22.1 Å². The van der Waals surface area contributed by atoms with Crippen molar-refractivity contribution in [3.63, 3.8) is 0 Å². The lowest BCUT2D eigenvalue weighted by atomic mass is 9.83. The third-order valence-corrected chi connectivity index (χ3v) is 2.85. The zero-order valence-corrected chi connectivity index (χ0v) is 7.99. The molecule has 0 radical (unpaired) electrons. The van der Waals surface area contributed by atoms with Crippen molar-refractivity contribution in [1.29, 1.82) is 0 Å². The molecule has 70 valence electrons. The van der Waals surface area contributed by atoms with Crippen LogP contribution in [0.1, 0.15) is 32.6 Å². The zero-order chi connectivity index (χ0) is 9.26. The fourth-order valence-corrected chi connectivity index (χ4v) is 1.94. The van der Waals surface area contributed by atoms with Crippen molar-refractivity contribution >= 4 is 5.91 Å². The van der Waals surface area contributed by atoms with Gasteiger partial charge in [-0.2, -0.15) is 4.42 Å². The van der Waals surface area contributed by atoms with Gasteiger partial charge in [-0.3, -0.25) is 0 Å². The van der Waals surface area contributed by atoms with E-state index < -0.39 is 0 Å². The highest BCUT2D eigenvalue weighted by Crippen LogP contribution is 2.30. The van der Waals surface area contributed by atoms with E-state index in [-0.39, 0.29) is 0 Å². The number of azo groups is 1. The minimum absolute atomic E-state index is 0.439. The third kappa shape index (κ3) is 1.85. The van der Waals surface area contributed by atoms with Crippen LogP contribution in [0.25, 0.3) is 0 Å². The maximum absolute atomic E-state index is 5.32. The van der Waals surface area contributed by atoms with Crippen LogP contribution in [-0.4, -0.2) is 5.91 Å². The molecule has 1 fully saturated rings. The minimum Gasteiger partial charge on any atom is -0.169 e. The van der Waals surface area contributed by atoms with Gasteiger partial charge in [-0.1, -0.05) is 6.92 Å². The predicted molar refractivity (Wildman–Crippen MR) is 50.1 cm³/mol. The van der Waals surface area contributed by atoms with Crippen molar-refractivity contribution in [2.45, 2.75) is 32.6 Å². The predicted octanol–water partition coefficient (Wildman–Crippen LogP) is 2.81. The Morgan fingerprint density at radius 1 is 1.23 bits per heavy atom. The summed E-state index contributed by atoms with van der Waals surface area (Å²) in [6.45, 7) is 5.91. The highest BCUT2D eigenvalue weighted by Gasteiger charge is 2.34. The average molecular weight is 179 g/mol. The molecule has 0 N–H and O–H groups in total. The van der Waals surface area contributed by atoms with Crippen LogP contribution in [0.15, 0.2) is 22.7 Å². The zero-order valence-electron chi connectivity index (χ0n) is 7.99. The largest absolute Gasteiger partial charge is 0.466 e. The summed E-state index contributed by atoms with van der Waals surface area (Å²) in [5.41, 5.74) is 0. The van der Waals surface area contributed by atoms with Crippen LogP contribution in [0.3, 0.4) is 0 Å². The summed E-state index contributed by atoms with van der Waals surface area (Å²) in [6.07, 6.45) is 4.92. The molecule has 0 bridgehead atoms. The molecule has 1 aliphatic carbocycles. The number of hydrogen-bond donors (Lipinski definition) is 0. The lowest BCUT2D eigenvalue weighted by Gasteiger charge is -2.20. The summed E-state index contributed by atoms with van der Waals surface area (Å²) < 4.78 is 5.32. The van der Waals surface area contributed by atoms with Gasteiger partial charge in [0.05, 0.1) is 5.92 Å². The van der Waals surface area contributed by atoms with Gasteiger partial charge in [0.25, 0.3) is 0 Å². The van der Waals surface area contributed by atoms with Gasteiger partial charge in [-0.05, 0) is 41.8 Å². The van der Waals surface area contributed by atoms with Crippen molar-refractivity contribution in [3.8, 4) is 0 Å². The van der Waals surface area contributed by atoms with Gasteiger partial charge in [0.2, 0.25) is 0 Å². The highest BCUT2D eigenvalue weighted by atomic mass is 16.4. The van der Waals surface area contributed by atoms with Crippen LogP contribution in [0.4, 0.5) is 0 Å². The summed E-state index contributed by atoms with van der Waals surface area (Å²) in [5, 5.41) is 7.77. The fourth-order valence-electron chi connectivity index (χ4n) is 1.94. The van der Waals surface area contributed by atoms with E-state index in [2.05, 4.69) is 23.7 Å². The van der Waals surface area contributed by atoms with E-state index in [1.54, 1.807) is 0 Å². The first kappa shape index (κ1) is 8.60. The van der Waals surface area contributed by atoms with Crippen molar-refractivity contribution < 1.29 is 4.42 Å². The van der Waals surface area contributed by atoms with Crippen molar-refractivity contribution in [1.82, 2.24) is 0 Å². The molecular formula is C10H15N2O+. The number of rotatable bonds is 1. The Bertz CT molecular complexity index is 273. The second-order valence-corrected chi connectivity index (χ2v) is 3.99. The van der Waals surface area contributed by atoms with Crippen molar-refractivity contribution in [3.05, 3.63) is 12.5 Å². The van der Waals surface area contributed by atoms with Gasteiger partial charge < -0.3 is 0 Å². The molecule has 0 spiro atoms. The molecule has 0 atom stereocenters. The molecule has 0 aromatic rings. The standard InChI is InChI=1S/C10H15N2O/c1-7-3-5-9(6-4-7)10-12-11-8(2)13-10/h7,9H,2-6H2,1H3/q+1. The molecule has 3 nitrogen and oxygen atoms in total. The van der Waals surface area contributed by atoms with Crippen LogP contribution < -0.4 is 0 Å². The van der Waals surface area contributed by atoms with Crippen LogP contribution >= 0.6 is 0 Å². The molecule has 13 heavy (non-hydrogen) atoms. The maximum Gasteiger partial charge on any atom is 0.466 e. The summed E-state index contributed by atoms with van der Waals surface area (Å²) in [4.78, 5) is 0. The Kier molecular flexibility index (Phi) is 2.25. The molecule has 1 saturated carbocycles. The number of hydrogen-bond acceptors (Lipinski definition) is 2. The molecule has 0 saturated heterocycles. The first-order chi connectivity index (χ1) is 6.25. The Balaban J connectivity index is 1.99. The number of amides is 1. The van der Waals surface area contributed by atoms with E-state index in [1.165, 1.54) is 25.7 Å². The quantitative estimate of drug-likeness (QED) is 0.555. The summed E-state index contributed by atoms with van der Waals surface area (Å²) in [5.74, 6) is 2.57. The molecule has 1 aliphatic heterocycles. The molecule has 2 aliphatic rings. The lowest BCUT2D eigenvalue weighted by molar-refractivity contribution is -0.395. The van der Waals surface area contributed by atoms with E-state index in [4.69, 9.17) is 4.42 Å². The summed E-state index contributed by atoms with van der Waals surface area (Å²) >= 11 is 0. The van der Waals surface area contributed by atoms with Crippen molar-refractivity contribution in [2.75, 3.05) is 0 Å². The van der Waals surface area contributed by atoms with Gasteiger partial charge in [-0.15, -0.1) is 0 Å². The molecule has 0 aromatic carbocycles. The smallest absolute Gasteiger partial charge is 0.169 e. The monoisotopic (exact) mass is 179 g/mol. The minimum atomic E-state index is 0.439. The van der Waals surface area contributed by atoms with Gasteiger partial charge in [0.15, 0.2) is 0 Å². The maximum atomic E-state index is 5.32. The average Bonchev–Trinajstić information content (AvgIpc) is 2.53. The Morgan fingerprint density at radius 3 is 2.46 bits per heavy atom. The SMILES string of the molecule is C=C1N=NC(C2CCC(C)CC2)=[O+]1. The summed E-state index contributed by atoms with van der Waals surface area (Å²) in [7, 11) is 0. The molecule has 1 heterocycles. The van der Waals surface area contributed by atoms with Gasteiger partial charge in [0.1, 0.15) is 0 Å². The summed E-state index contributed by atoms with van der Waals surface area (Å²) in [6, 6.07) is 0. The first-order valence-electron chi connectivity index (χ1n) is 4.91. The molecule has 2 rings (SSSR count). The normalized spacial score (nSPS) is 33.6. The Hall–Kier alpha value is -0.990. The Labute approximate surface area is 78.3 Å². The third-order valence-electron chi connectivity index (χ3n) is 2.85. The lowest BCUT2D eigenvalue weighted by Crippen LogP contribution is -2.19. The van der Waals surface area contributed by atoms with E-state index in [0.717, 1.165) is 11.8 Å². The van der Waals surface area contributed by atoms with Crippen LogP contribution in [0.2, 0.25) is 0 Å².